The highest BCUT2D eigenvalue weighted by Crippen LogP contribution is 2.45. The SMILES string of the molecule is CC1Oc2cc(N3CCCC3=O)c(F)cc2-c2cnc(Nc3cnc4c(c3)N(C(=O)O)CCO4)cc21. The molecule has 184 valence electrons. The molecule has 1 unspecified atom stereocenters. The van der Waals surface area contributed by atoms with Crippen LogP contribution < -0.4 is 24.6 Å². The second-order valence-corrected chi connectivity index (χ2v) is 8.82. The Bertz CT molecular complexity index is 1410. The fourth-order valence-corrected chi connectivity index (χ4v) is 4.83. The smallest absolute Gasteiger partial charge is 0.412 e. The molecule has 11 heteroatoms. The molecule has 36 heavy (non-hydrogen) atoms. The van der Waals surface area contributed by atoms with Gasteiger partial charge in [-0.05, 0) is 31.5 Å². The van der Waals surface area contributed by atoms with Crippen molar-refractivity contribution in [1.82, 2.24) is 9.97 Å². The van der Waals surface area contributed by atoms with E-state index in [1.54, 1.807) is 18.3 Å². The number of ether oxygens (including phenoxy) is 2. The summed E-state index contributed by atoms with van der Waals surface area (Å²) in [5.41, 5.74) is 3.24. The Morgan fingerprint density at radius 2 is 2.00 bits per heavy atom. The van der Waals surface area contributed by atoms with Crippen LogP contribution in [0.4, 0.5) is 32.1 Å². The molecule has 10 nitrogen and oxygen atoms in total. The minimum absolute atomic E-state index is 0.0924. The van der Waals surface area contributed by atoms with Crippen molar-refractivity contribution in [2.24, 2.45) is 0 Å². The normalized spacial score (nSPS) is 18.1. The van der Waals surface area contributed by atoms with Gasteiger partial charge in [0.05, 0.1) is 24.1 Å². The number of carboxylic acid groups (broad SMARTS) is 1. The Morgan fingerprint density at radius 3 is 2.78 bits per heavy atom. The number of halogens is 1. The van der Waals surface area contributed by atoms with Crippen LogP contribution in [-0.4, -0.2) is 46.8 Å². The zero-order valence-electron chi connectivity index (χ0n) is 19.3. The fourth-order valence-electron chi connectivity index (χ4n) is 4.83. The lowest BCUT2D eigenvalue weighted by Crippen LogP contribution is -2.37. The van der Waals surface area contributed by atoms with Crippen LogP contribution in [0.25, 0.3) is 11.1 Å². The number of fused-ring (bicyclic) bond motifs is 4. The number of carbonyl (C=O) groups is 2. The van der Waals surface area contributed by atoms with Gasteiger partial charge in [0.25, 0.3) is 0 Å². The summed E-state index contributed by atoms with van der Waals surface area (Å²) in [5, 5.41) is 12.6. The predicted octanol–water partition coefficient (Wildman–Crippen LogP) is 4.48. The van der Waals surface area contributed by atoms with Gasteiger partial charge in [-0.15, -0.1) is 0 Å². The summed E-state index contributed by atoms with van der Waals surface area (Å²) < 4.78 is 26.6. The van der Waals surface area contributed by atoms with Crippen molar-refractivity contribution >= 4 is 34.9 Å². The van der Waals surface area contributed by atoms with Gasteiger partial charge in [-0.25, -0.2) is 19.2 Å². The highest BCUT2D eigenvalue weighted by molar-refractivity contribution is 5.96. The van der Waals surface area contributed by atoms with Crippen molar-refractivity contribution < 1.29 is 28.6 Å². The third kappa shape index (κ3) is 3.63. The minimum atomic E-state index is -1.08. The zero-order valence-corrected chi connectivity index (χ0v) is 19.3. The molecule has 0 saturated carbocycles. The van der Waals surface area contributed by atoms with Gasteiger partial charge in [-0.3, -0.25) is 9.69 Å². The van der Waals surface area contributed by atoms with Gasteiger partial charge >= 0.3 is 6.09 Å². The maximum absolute atomic E-state index is 15.0. The monoisotopic (exact) mass is 491 g/mol. The number of nitrogens with one attached hydrogen (secondary N) is 1. The van der Waals surface area contributed by atoms with E-state index < -0.39 is 11.9 Å². The first-order valence-corrected chi connectivity index (χ1v) is 11.6. The van der Waals surface area contributed by atoms with E-state index in [2.05, 4.69) is 15.3 Å². The summed E-state index contributed by atoms with van der Waals surface area (Å²) in [4.78, 5) is 35.1. The summed E-state index contributed by atoms with van der Waals surface area (Å²) >= 11 is 0. The highest BCUT2D eigenvalue weighted by atomic mass is 19.1. The first-order chi connectivity index (χ1) is 17.4. The molecule has 3 aromatic rings. The second-order valence-electron chi connectivity index (χ2n) is 8.82. The Hall–Kier alpha value is -4.41. The van der Waals surface area contributed by atoms with Crippen molar-refractivity contribution in [3.8, 4) is 22.8 Å². The molecule has 2 N–H and O–H groups in total. The number of hydrogen-bond donors (Lipinski definition) is 2. The predicted molar refractivity (Wildman–Crippen MR) is 129 cm³/mol. The standard InChI is InChI=1S/C25H22FN5O5/c1-13-15-9-22(29-14-7-20-24(28-11-14)35-6-5-31(20)25(33)34)27-12-17(15)16-8-18(26)19(10-21(16)36-13)30-4-2-3-23(30)32/h7-13H,2-6H2,1H3,(H,27,29)(H,33,34). The van der Waals surface area contributed by atoms with E-state index in [1.807, 2.05) is 13.0 Å². The molecule has 1 atom stereocenters. The van der Waals surface area contributed by atoms with Gasteiger partial charge in [0, 0.05) is 41.9 Å². The average Bonchev–Trinajstić information content (AvgIpc) is 3.29. The first-order valence-electron chi connectivity index (χ1n) is 11.6. The Balaban J connectivity index is 1.32. The molecule has 0 spiro atoms. The van der Waals surface area contributed by atoms with Gasteiger partial charge < -0.3 is 24.8 Å². The van der Waals surface area contributed by atoms with Gasteiger partial charge in [-0.2, -0.15) is 0 Å². The van der Waals surface area contributed by atoms with Crippen molar-refractivity contribution in [3.63, 3.8) is 0 Å². The number of nitrogens with zero attached hydrogens (tertiary/aromatic N) is 4. The summed E-state index contributed by atoms with van der Waals surface area (Å²) in [7, 11) is 0. The van der Waals surface area contributed by atoms with Crippen LogP contribution in [-0.2, 0) is 4.79 Å². The topological polar surface area (TPSA) is 117 Å². The second kappa shape index (κ2) is 8.36. The number of benzene rings is 1. The first kappa shape index (κ1) is 22.1. The largest absolute Gasteiger partial charge is 0.485 e. The van der Waals surface area contributed by atoms with Crippen LogP contribution in [0, 0.1) is 5.82 Å². The third-order valence-electron chi connectivity index (χ3n) is 6.56. The van der Waals surface area contributed by atoms with E-state index in [9.17, 15) is 14.7 Å². The molecule has 1 fully saturated rings. The summed E-state index contributed by atoms with van der Waals surface area (Å²) in [6.45, 7) is 2.83. The number of hydrogen-bond acceptors (Lipinski definition) is 7. The molecule has 1 aromatic carbocycles. The molecule has 6 rings (SSSR count). The lowest BCUT2D eigenvalue weighted by Gasteiger charge is -2.28. The highest BCUT2D eigenvalue weighted by Gasteiger charge is 2.30. The van der Waals surface area contributed by atoms with E-state index in [1.165, 1.54) is 22.1 Å². The van der Waals surface area contributed by atoms with Gasteiger partial charge in [0.15, 0.2) is 0 Å². The van der Waals surface area contributed by atoms with E-state index in [4.69, 9.17) is 9.47 Å². The molecule has 5 heterocycles. The van der Waals surface area contributed by atoms with Gasteiger partial charge in [-0.1, -0.05) is 0 Å². The Kier molecular flexibility index (Phi) is 5.13. The fraction of sp³-hybridized carbons (Fsp3) is 0.280. The molecular formula is C25H22FN5O5. The quantitative estimate of drug-likeness (QED) is 0.551. The lowest BCUT2D eigenvalue weighted by atomic mass is 9.94. The number of pyridine rings is 2. The van der Waals surface area contributed by atoms with Crippen LogP contribution in [0.1, 0.15) is 31.4 Å². The van der Waals surface area contributed by atoms with Crippen LogP contribution >= 0.6 is 0 Å². The minimum Gasteiger partial charge on any atom is -0.485 e. The van der Waals surface area contributed by atoms with Crippen molar-refractivity contribution in [2.45, 2.75) is 25.9 Å². The number of anilines is 4. The number of carbonyl (C=O) groups excluding carboxylic acids is 1. The van der Waals surface area contributed by atoms with Crippen LogP contribution in [0.3, 0.4) is 0 Å². The van der Waals surface area contributed by atoms with Crippen LogP contribution in [0.2, 0.25) is 0 Å². The van der Waals surface area contributed by atoms with Gasteiger partial charge in [0.1, 0.15) is 35.8 Å². The number of amides is 2. The molecule has 0 bridgehead atoms. The lowest BCUT2D eigenvalue weighted by molar-refractivity contribution is -0.117. The van der Waals surface area contributed by atoms with E-state index in [-0.39, 0.29) is 36.7 Å². The summed E-state index contributed by atoms with van der Waals surface area (Å²) in [6, 6.07) is 6.43. The van der Waals surface area contributed by atoms with Crippen LogP contribution in [0.15, 0.2) is 36.7 Å². The molecule has 3 aliphatic rings. The van der Waals surface area contributed by atoms with E-state index >= 15 is 4.39 Å². The number of aromatic nitrogens is 2. The molecule has 3 aliphatic heterocycles. The van der Waals surface area contributed by atoms with Gasteiger partial charge in [0.2, 0.25) is 11.8 Å². The van der Waals surface area contributed by atoms with Crippen molar-refractivity contribution in [1.29, 1.82) is 0 Å². The third-order valence-corrected chi connectivity index (χ3v) is 6.56. The van der Waals surface area contributed by atoms with Crippen LogP contribution in [0.5, 0.6) is 11.6 Å². The molecule has 0 aliphatic carbocycles. The maximum atomic E-state index is 15.0. The Morgan fingerprint density at radius 1 is 1.14 bits per heavy atom. The van der Waals surface area contributed by atoms with E-state index in [0.29, 0.717) is 47.9 Å². The van der Waals surface area contributed by atoms with Crippen molar-refractivity contribution in [2.75, 3.05) is 34.8 Å². The average molecular weight is 491 g/mol. The number of rotatable bonds is 3. The summed E-state index contributed by atoms with van der Waals surface area (Å²) in [6.07, 6.45) is 2.87. The van der Waals surface area contributed by atoms with E-state index in [0.717, 1.165) is 11.1 Å². The Labute approximate surface area is 205 Å². The maximum Gasteiger partial charge on any atom is 0.412 e. The molecule has 2 aromatic heterocycles. The molecule has 2 amide bonds. The zero-order chi connectivity index (χ0) is 25.0. The summed E-state index contributed by atoms with van der Waals surface area (Å²) in [5.74, 6) is 0.670. The molecule has 0 radical (unpaired) electrons. The molecular weight excluding hydrogens is 469 g/mol. The van der Waals surface area contributed by atoms with Crippen molar-refractivity contribution in [3.05, 3.63) is 48.0 Å². The molecule has 1 saturated heterocycles.